The molecule has 1 aliphatic rings. The number of aromatic carboxylic acids is 1. The zero-order valence-corrected chi connectivity index (χ0v) is 14.1. The lowest BCUT2D eigenvalue weighted by Gasteiger charge is -2.24. The summed E-state index contributed by atoms with van der Waals surface area (Å²) in [6, 6.07) is 7.26. The molecule has 0 fully saturated rings. The van der Waals surface area contributed by atoms with Crippen molar-refractivity contribution >= 4 is 27.4 Å². The summed E-state index contributed by atoms with van der Waals surface area (Å²) >= 11 is 0.950. The second-order valence-electron chi connectivity index (χ2n) is 6.12. The fraction of sp³-hybridized carbons (Fsp3) is 0.211. The first kappa shape index (κ1) is 16.0. The summed E-state index contributed by atoms with van der Waals surface area (Å²) in [4.78, 5) is 11.7. The molecular formula is C19H14F2O3S. The van der Waals surface area contributed by atoms with Crippen LogP contribution in [0.5, 0.6) is 5.75 Å². The maximum absolute atomic E-state index is 15.2. The molecule has 128 valence electrons. The minimum absolute atomic E-state index is 0.00421. The van der Waals surface area contributed by atoms with Crippen molar-refractivity contribution in [1.29, 1.82) is 0 Å². The van der Waals surface area contributed by atoms with E-state index >= 15 is 4.39 Å². The van der Waals surface area contributed by atoms with Crippen molar-refractivity contribution in [2.45, 2.75) is 25.9 Å². The minimum atomic E-state index is -1.15. The van der Waals surface area contributed by atoms with Crippen LogP contribution in [0.4, 0.5) is 8.78 Å². The Morgan fingerprint density at radius 3 is 2.84 bits per heavy atom. The Kier molecular flexibility index (Phi) is 3.72. The number of ether oxygens (including phenoxy) is 1. The van der Waals surface area contributed by atoms with Crippen molar-refractivity contribution in [3.8, 4) is 16.9 Å². The van der Waals surface area contributed by atoms with E-state index in [-0.39, 0.29) is 16.5 Å². The van der Waals surface area contributed by atoms with Crippen LogP contribution in [0, 0.1) is 11.6 Å². The maximum atomic E-state index is 15.2. The molecule has 1 aromatic heterocycles. The second-order valence-corrected chi connectivity index (χ2v) is 7.17. The van der Waals surface area contributed by atoms with E-state index in [0.717, 1.165) is 11.3 Å². The van der Waals surface area contributed by atoms with Gasteiger partial charge in [-0.2, -0.15) is 0 Å². The van der Waals surface area contributed by atoms with Gasteiger partial charge in [-0.3, -0.25) is 0 Å². The summed E-state index contributed by atoms with van der Waals surface area (Å²) in [5.74, 6) is -1.57. The van der Waals surface area contributed by atoms with Crippen LogP contribution in [0.1, 0.15) is 28.6 Å². The number of fused-ring (bicyclic) bond motifs is 2. The van der Waals surface area contributed by atoms with Crippen molar-refractivity contribution in [2.24, 2.45) is 0 Å². The lowest BCUT2D eigenvalue weighted by molar-refractivity contribution is 0.0703. The normalized spacial score (nSPS) is 16.5. The topological polar surface area (TPSA) is 46.5 Å². The van der Waals surface area contributed by atoms with E-state index in [0.29, 0.717) is 39.8 Å². The predicted octanol–water partition coefficient (Wildman–Crippen LogP) is 5.26. The van der Waals surface area contributed by atoms with E-state index in [2.05, 4.69) is 0 Å². The predicted molar refractivity (Wildman–Crippen MR) is 92.5 cm³/mol. The van der Waals surface area contributed by atoms with Gasteiger partial charge in [0.15, 0.2) is 0 Å². The van der Waals surface area contributed by atoms with E-state index in [1.54, 1.807) is 12.1 Å². The molecule has 6 heteroatoms. The molecule has 0 aliphatic carbocycles. The molecule has 1 atom stereocenters. The van der Waals surface area contributed by atoms with E-state index in [1.165, 1.54) is 18.2 Å². The van der Waals surface area contributed by atoms with Crippen LogP contribution in [-0.2, 0) is 6.42 Å². The van der Waals surface area contributed by atoms with E-state index in [4.69, 9.17) is 4.74 Å². The average Bonchev–Trinajstić information content (AvgIpc) is 2.93. The molecule has 25 heavy (non-hydrogen) atoms. The number of benzene rings is 2. The first-order valence-corrected chi connectivity index (χ1v) is 8.71. The summed E-state index contributed by atoms with van der Waals surface area (Å²) in [6.07, 6.45) is 1.27. The monoisotopic (exact) mass is 360 g/mol. The fourth-order valence-corrected chi connectivity index (χ4v) is 4.33. The van der Waals surface area contributed by atoms with Gasteiger partial charge < -0.3 is 9.84 Å². The number of hydrogen-bond acceptors (Lipinski definition) is 3. The summed E-state index contributed by atoms with van der Waals surface area (Å²) in [7, 11) is 0. The van der Waals surface area contributed by atoms with E-state index in [1.807, 2.05) is 6.92 Å². The first-order chi connectivity index (χ1) is 12.0. The van der Waals surface area contributed by atoms with Crippen LogP contribution in [0.15, 0.2) is 30.3 Å². The highest BCUT2D eigenvalue weighted by Gasteiger charge is 2.26. The van der Waals surface area contributed by atoms with Crippen LogP contribution < -0.4 is 4.74 Å². The summed E-state index contributed by atoms with van der Waals surface area (Å²) in [5, 5.41) is 10.1. The van der Waals surface area contributed by atoms with E-state index in [9.17, 15) is 14.3 Å². The fourth-order valence-electron chi connectivity index (χ4n) is 3.25. The molecule has 0 unspecified atom stereocenters. The molecular weight excluding hydrogens is 346 g/mol. The minimum Gasteiger partial charge on any atom is -0.490 e. The van der Waals surface area contributed by atoms with Gasteiger partial charge in [0.05, 0.1) is 6.10 Å². The molecule has 3 aromatic rings. The lowest BCUT2D eigenvalue weighted by atomic mass is 9.94. The van der Waals surface area contributed by atoms with Crippen LogP contribution in [0.2, 0.25) is 0 Å². The van der Waals surface area contributed by atoms with Gasteiger partial charge in [0.25, 0.3) is 0 Å². The van der Waals surface area contributed by atoms with Crippen molar-refractivity contribution < 1.29 is 23.4 Å². The molecule has 2 heterocycles. The van der Waals surface area contributed by atoms with Crippen molar-refractivity contribution in [2.75, 3.05) is 0 Å². The molecule has 1 N–H and O–H groups in total. The molecule has 0 saturated heterocycles. The zero-order chi connectivity index (χ0) is 17.7. The molecule has 3 nitrogen and oxygen atoms in total. The zero-order valence-electron chi connectivity index (χ0n) is 13.3. The third-order valence-corrected chi connectivity index (χ3v) is 5.59. The molecule has 0 saturated carbocycles. The van der Waals surface area contributed by atoms with Crippen LogP contribution >= 0.6 is 11.3 Å². The van der Waals surface area contributed by atoms with Gasteiger partial charge in [-0.05, 0) is 50.1 Å². The number of halogens is 2. The van der Waals surface area contributed by atoms with Crippen molar-refractivity contribution in [3.05, 3.63) is 52.4 Å². The number of carbonyl (C=O) groups is 1. The highest BCUT2D eigenvalue weighted by molar-refractivity contribution is 7.21. The SMILES string of the molecule is C[C@H]1CCc2c(ccc(-c3c(C(=O)O)sc4cc(F)ccc34)c2F)O1. The Labute approximate surface area is 146 Å². The third kappa shape index (κ3) is 2.57. The van der Waals surface area contributed by atoms with Gasteiger partial charge in [-0.1, -0.05) is 0 Å². The molecule has 0 radical (unpaired) electrons. The quantitative estimate of drug-likeness (QED) is 0.678. The van der Waals surface area contributed by atoms with Gasteiger partial charge in [-0.25, -0.2) is 13.6 Å². The van der Waals surface area contributed by atoms with Gasteiger partial charge in [0.2, 0.25) is 0 Å². The molecule has 2 aromatic carbocycles. The smallest absolute Gasteiger partial charge is 0.346 e. The first-order valence-electron chi connectivity index (χ1n) is 7.89. The number of thiophene rings is 1. The Balaban J connectivity index is 1.99. The van der Waals surface area contributed by atoms with Crippen molar-refractivity contribution in [1.82, 2.24) is 0 Å². The lowest BCUT2D eigenvalue weighted by Crippen LogP contribution is -2.20. The largest absolute Gasteiger partial charge is 0.490 e. The number of rotatable bonds is 2. The molecule has 0 bridgehead atoms. The number of carboxylic acids is 1. The summed E-state index contributed by atoms with van der Waals surface area (Å²) in [5.41, 5.74) is 0.979. The Morgan fingerprint density at radius 2 is 2.08 bits per heavy atom. The van der Waals surface area contributed by atoms with Gasteiger partial charge in [0.1, 0.15) is 22.3 Å². The van der Waals surface area contributed by atoms with Gasteiger partial charge in [0, 0.05) is 26.8 Å². The third-order valence-electron chi connectivity index (χ3n) is 4.44. The van der Waals surface area contributed by atoms with Crippen LogP contribution in [0.3, 0.4) is 0 Å². The Hall–Kier alpha value is -2.47. The second kappa shape index (κ2) is 5.81. The molecule has 4 rings (SSSR count). The van der Waals surface area contributed by atoms with Gasteiger partial charge >= 0.3 is 5.97 Å². The Morgan fingerprint density at radius 1 is 1.28 bits per heavy atom. The molecule has 1 aliphatic heterocycles. The molecule has 0 spiro atoms. The van der Waals surface area contributed by atoms with Crippen LogP contribution in [-0.4, -0.2) is 17.2 Å². The van der Waals surface area contributed by atoms with E-state index < -0.39 is 17.6 Å². The maximum Gasteiger partial charge on any atom is 0.346 e. The number of hydrogen-bond donors (Lipinski definition) is 1. The van der Waals surface area contributed by atoms with Crippen LogP contribution in [0.25, 0.3) is 21.2 Å². The Bertz CT molecular complexity index is 1010. The number of carboxylic acid groups (broad SMARTS) is 1. The molecule has 0 amide bonds. The highest BCUT2D eigenvalue weighted by Crippen LogP contribution is 2.43. The highest BCUT2D eigenvalue weighted by atomic mass is 32.1. The summed E-state index contributed by atoms with van der Waals surface area (Å²) in [6.45, 7) is 1.93. The summed E-state index contributed by atoms with van der Waals surface area (Å²) < 4.78 is 34.8. The standard InChI is InChI=1S/C19H14F2O3S/c1-9-2-4-11-14(24-9)7-6-13(17(11)21)16-12-5-3-10(20)8-15(12)25-18(16)19(22)23/h3,5-9H,2,4H2,1H3,(H,22,23)/t9-/m0/s1. The van der Waals surface area contributed by atoms with Gasteiger partial charge in [-0.15, -0.1) is 11.3 Å². The average molecular weight is 360 g/mol. The van der Waals surface area contributed by atoms with Crippen molar-refractivity contribution in [3.63, 3.8) is 0 Å².